The van der Waals surface area contributed by atoms with Gasteiger partial charge in [-0.3, -0.25) is 4.79 Å². The summed E-state index contributed by atoms with van der Waals surface area (Å²) in [5, 5.41) is 14.9. The number of benzene rings is 2. The predicted molar refractivity (Wildman–Crippen MR) is 104 cm³/mol. The third kappa shape index (κ3) is 5.44. The summed E-state index contributed by atoms with van der Waals surface area (Å²) in [5.74, 6) is -0.963. The number of carbonyl (C=O) groups is 2. The van der Waals surface area contributed by atoms with E-state index < -0.39 is 11.9 Å². The topological polar surface area (TPSA) is 91.2 Å². The molecule has 1 amide bonds. The molecule has 2 rings (SSSR count). The van der Waals surface area contributed by atoms with E-state index in [0.29, 0.717) is 17.9 Å². The normalized spacial score (nSPS) is 10.6. The number of rotatable bonds is 7. The van der Waals surface area contributed by atoms with E-state index in [1.54, 1.807) is 31.2 Å². The standard InChI is InChI=1S/C21H21N3O3/c1-3-15-7-5-6-8-19(15)23-14-17(13-22)20(25)24-18-11-9-16(10-12-18)21(26)27-4-2/h5-12,14,23H,3-4H2,1-2H3,(H,24,25)/b17-14-. The van der Waals surface area contributed by atoms with E-state index in [1.165, 1.54) is 6.20 Å². The van der Waals surface area contributed by atoms with Gasteiger partial charge in [0.25, 0.3) is 5.91 Å². The first-order valence-electron chi connectivity index (χ1n) is 8.62. The molecule has 138 valence electrons. The lowest BCUT2D eigenvalue weighted by Crippen LogP contribution is -2.15. The number of esters is 1. The average Bonchev–Trinajstić information content (AvgIpc) is 2.69. The maximum Gasteiger partial charge on any atom is 0.338 e. The van der Waals surface area contributed by atoms with Crippen LogP contribution in [0.3, 0.4) is 0 Å². The molecule has 2 aromatic carbocycles. The van der Waals surface area contributed by atoms with Gasteiger partial charge in [0.1, 0.15) is 11.6 Å². The fourth-order valence-electron chi connectivity index (χ4n) is 2.37. The van der Waals surface area contributed by atoms with Gasteiger partial charge in [-0.25, -0.2) is 4.79 Å². The summed E-state index contributed by atoms with van der Waals surface area (Å²) >= 11 is 0. The zero-order valence-electron chi connectivity index (χ0n) is 15.3. The second-order valence-corrected chi connectivity index (χ2v) is 5.58. The van der Waals surface area contributed by atoms with Crippen LogP contribution in [0.1, 0.15) is 29.8 Å². The Morgan fingerprint density at radius 3 is 2.44 bits per heavy atom. The van der Waals surface area contributed by atoms with Crippen molar-refractivity contribution in [2.75, 3.05) is 17.2 Å². The Morgan fingerprint density at radius 2 is 1.81 bits per heavy atom. The van der Waals surface area contributed by atoms with Crippen LogP contribution >= 0.6 is 0 Å². The van der Waals surface area contributed by atoms with Crippen molar-refractivity contribution in [2.45, 2.75) is 20.3 Å². The van der Waals surface area contributed by atoms with Crippen molar-refractivity contribution in [1.82, 2.24) is 0 Å². The molecule has 6 heteroatoms. The fraction of sp³-hybridized carbons (Fsp3) is 0.190. The minimum Gasteiger partial charge on any atom is -0.462 e. The van der Waals surface area contributed by atoms with Crippen molar-refractivity contribution in [1.29, 1.82) is 5.26 Å². The molecular weight excluding hydrogens is 342 g/mol. The van der Waals surface area contributed by atoms with E-state index in [9.17, 15) is 14.9 Å². The van der Waals surface area contributed by atoms with E-state index in [2.05, 4.69) is 10.6 Å². The van der Waals surface area contributed by atoms with Crippen LogP contribution in [-0.2, 0) is 16.0 Å². The molecule has 0 radical (unpaired) electrons. The van der Waals surface area contributed by atoms with Crippen LogP contribution in [0.4, 0.5) is 11.4 Å². The number of nitrogens with one attached hydrogen (secondary N) is 2. The van der Waals surface area contributed by atoms with Gasteiger partial charge >= 0.3 is 5.97 Å². The molecule has 0 spiro atoms. The Kier molecular flexibility index (Phi) is 7.15. The quantitative estimate of drug-likeness (QED) is 0.442. The molecule has 0 heterocycles. The van der Waals surface area contributed by atoms with Gasteiger partial charge in [0.05, 0.1) is 12.2 Å². The Bertz CT molecular complexity index is 880. The molecule has 27 heavy (non-hydrogen) atoms. The molecule has 0 aliphatic heterocycles. The van der Waals surface area contributed by atoms with Gasteiger partial charge in [-0.1, -0.05) is 25.1 Å². The lowest BCUT2D eigenvalue weighted by atomic mass is 10.1. The van der Waals surface area contributed by atoms with E-state index in [0.717, 1.165) is 17.7 Å². The van der Waals surface area contributed by atoms with Crippen molar-refractivity contribution in [3.8, 4) is 6.07 Å². The van der Waals surface area contributed by atoms with Gasteiger partial charge in [-0.15, -0.1) is 0 Å². The molecule has 0 fully saturated rings. The average molecular weight is 363 g/mol. The number of amides is 1. The van der Waals surface area contributed by atoms with Crippen molar-refractivity contribution < 1.29 is 14.3 Å². The van der Waals surface area contributed by atoms with Crippen LogP contribution in [0.5, 0.6) is 0 Å². The first kappa shape index (κ1) is 19.7. The van der Waals surface area contributed by atoms with Crippen LogP contribution in [-0.4, -0.2) is 18.5 Å². The van der Waals surface area contributed by atoms with Crippen molar-refractivity contribution in [3.63, 3.8) is 0 Å². The number of anilines is 2. The Morgan fingerprint density at radius 1 is 1.11 bits per heavy atom. The molecule has 0 unspecified atom stereocenters. The first-order valence-corrected chi connectivity index (χ1v) is 8.62. The van der Waals surface area contributed by atoms with Crippen LogP contribution in [0.25, 0.3) is 0 Å². The minimum absolute atomic E-state index is 0.0598. The van der Waals surface area contributed by atoms with Gasteiger partial charge in [-0.05, 0) is 49.2 Å². The molecule has 0 bridgehead atoms. The SMILES string of the molecule is CCOC(=O)c1ccc(NC(=O)/C(C#N)=C\Nc2ccccc2CC)cc1. The van der Waals surface area contributed by atoms with Crippen molar-refractivity contribution in [3.05, 3.63) is 71.4 Å². The van der Waals surface area contributed by atoms with E-state index in [1.807, 2.05) is 37.3 Å². The summed E-state index contributed by atoms with van der Waals surface area (Å²) in [6.07, 6.45) is 2.22. The molecule has 0 aliphatic carbocycles. The van der Waals surface area contributed by atoms with Gasteiger partial charge in [0.15, 0.2) is 0 Å². The molecule has 0 saturated heterocycles. The zero-order valence-corrected chi connectivity index (χ0v) is 15.3. The Balaban J connectivity index is 2.06. The molecule has 0 saturated carbocycles. The molecule has 6 nitrogen and oxygen atoms in total. The highest BCUT2D eigenvalue weighted by Gasteiger charge is 2.11. The van der Waals surface area contributed by atoms with Gasteiger partial charge < -0.3 is 15.4 Å². The van der Waals surface area contributed by atoms with E-state index >= 15 is 0 Å². The van der Waals surface area contributed by atoms with Crippen LogP contribution < -0.4 is 10.6 Å². The number of aryl methyl sites for hydroxylation is 1. The summed E-state index contributed by atoms with van der Waals surface area (Å²) in [4.78, 5) is 23.9. The molecule has 2 N–H and O–H groups in total. The lowest BCUT2D eigenvalue weighted by Gasteiger charge is -2.08. The fourth-order valence-corrected chi connectivity index (χ4v) is 2.37. The summed E-state index contributed by atoms with van der Waals surface area (Å²) in [5.41, 5.74) is 2.74. The number of nitriles is 1. The Hall–Kier alpha value is -3.59. The smallest absolute Gasteiger partial charge is 0.338 e. The third-order valence-corrected chi connectivity index (χ3v) is 3.79. The van der Waals surface area contributed by atoms with Gasteiger partial charge in [-0.2, -0.15) is 5.26 Å². The van der Waals surface area contributed by atoms with Gasteiger partial charge in [0, 0.05) is 17.6 Å². The maximum absolute atomic E-state index is 12.3. The third-order valence-electron chi connectivity index (χ3n) is 3.79. The van der Waals surface area contributed by atoms with Crippen LogP contribution in [0.2, 0.25) is 0 Å². The second kappa shape index (κ2) is 9.78. The molecule has 0 aromatic heterocycles. The number of hydrogen-bond acceptors (Lipinski definition) is 5. The largest absolute Gasteiger partial charge is 0.462 e. The number of nitrogens with zero attached hydrogens (tertiary/aromatic N) is 1. The Labute approximate surface area is 158 Å². The zero-order chi connectivity index (χ0) is 19.6. The second-order valence-electron chi connectivity index (χ2n) is 5.58. The number of ether oxygens (including phenoxy) is 1. The van der Waals surface area contributed by atoms with Crippen LogP contribution in [0.15, 0.2) is 60.3 Å². The lowest BCUT2D eigenvalue weighted by molar-refractivity contribution is -0.112. The van der Waals surface area contributed by atoms with Crippen LogP contribution in [0, 0.1) is 11.3 Å². The summed E-state index contributed by atoms with van der Waals surface area (Å²) in [6.45, 7) is 4.05. The molecular formula is C21H21N3O3. The summed E-state index contributed by atoms with van der Waals surface area (Å²) in [7, 11) is 0. The van der Waals surface area contributed by atoms with Gasteiger partial charge in [0.2, 0.25) is 0 Å². The molecule has 2 aromatic rings. The maximum atomic E-state index is 12.3. The monoisotopic (exact) mass is 363 g/mol. The highest BCUT2D eigenvalue weighted by molar-refractivity contribution is 6.06. The van der Waals surface area contributed by atoms with E-state index in [4.69, 9.17) is 4.74 Å². The number of para-hydroxylation sites is 1. The predicted octanol–water partition coefficient (Wildman–Crippen LogP) is 3.88. The minimum atomic E-state index is -0.539. The highest BCUT2D eigenvalue weighted by Crippen LogP contribution is 2.16. The summed E-state index contributed by atoms with van der Waals surface area (Å²) in [6, 6.07) is 15.8. The highest BCUT2D eigenvalue weighted by atomic mass is 16.5. The van der Waals surface area contributed by atoms with Crippen molar-refractivity contribution >= 4 is 23.3 Å². The van der Waals surface area contributed by atoms with E-state index in [-0.39, 0.29) is 5.57 Å². The number of carbonyl (C=O) groups excluding carboxylic acids is 2. The summed E-state index contributed by atoms with van der Waals surface area (Å²) < 4.78 is 4.91. The van der Waals surface area contributed by atoms with Crippen molar-refractivity contribution in [2.24, 2.45) is 0 Å². The molecule has 0 atom stereocenters. The first-order chi connectivity index (χ1) is 13.1. The molecule has 0 aliphatic rings. The number of hydrogen-bond donors (Lipinski definition) is 2.